The van der Waals surface area contributed by atoms with Gasteiger partial charge in [0.25, 0.3) is 5.91 Å². The summed E-state index contributed by atoms with van der Waals surface area (Å²) in [6, 6.07) is 4.28. The molecular weight excluding hydrogens is 296 g/mol. The maximum absolute atomic E-state index is 12.5. The highest BCUT2D eigenvalue weighted by Gasteiger charge is 2.26. The number of nitro groups is 1. The maximum atomic E-state index is 12.5. The van der Waals surface area contributed by atoms with Crippen LogP contribution in [-0.4, -0.2) is 41.8 Å². The summed E-state index contributed by atoms with van der Waals surface area (Å²) in [5, 5.41) is 11.0. The number of likely N-dealkylation sites (tertiary alicyclic amines) is 1. The minimum atomic E-state index is -0.548. The second-order valence-electron chi connectivity index (χ2n) is 5.06. The first-order chi connectivity index (χ1) is 10.1. The smallest absolute Gasteiger partial charge is 0.311 e. The summed E-state index contributed by atoms with van der Waals surface area (Å²) < 4.78 is 4.94. The molecule has 0 N–H and O–H groups in total. The zero-order valence-corrected chi connectivity index (χ0v) is 12.5. The molecule has 21 heavy (non-hydrogen) atoms. The second kappa shape index (κ2) is 6.76. The number of ether oxygens (including phenoxy) is 1. The Bertz CT molecular complexity index is 550. The Balaban J connectivity index is 2.23. The molecule has 1 aromatic carbocycles. The van der Waals surface area contributed by atoms with E-state index in [4.69, 9.17) is 16.3 Å². The van der Waals surface area contributed by atoms with Crippen molar-refractivity contribution in [3.8, 4) is 5.75 Å². The van der Waals surface area contributed by atoms with Gasteiger partial charge in [0, 0.05) is 30.6 Å². The van der Waals surface area contributed by atoms with E-state index < -0.39 is 4.92 Å². The van der Waals surface area contributed by atoms with E-state index in [0.29, 0.717) is 24.5 Å². The summed E-state index contributed by atoms with van der Waals surface area (Å²) in [6.07, 6.45) is 1.91. The van der Waals surface area contributed by atoms with Crippen LogP contribution >= 0.6 is 11.6 Å². The van der Waals surface area contributed by atoms with Gasteiger partial charge in [0.2, 0.25) is 0 Å². The standard InChI is InChI=1S/C14H17ClN2O4/c1-21-13-5-4-11(7-12(13)17(19)20)14(18)16-6-2-3-10(8-15)9-16/h4-5,7,10H,2-3,6,8-9H2,1H3. The highest BCUT2D eigenvalue weighted by atomic mass is 35.5. The van der Waals surface area contributed by atoms with Gasteiger partial charge in [-0.05, 0) is 30.9 Å². The van der Waals surface area contributed by atoms with E-state index in [1.807, 2.05) is 0 Å². The predicted octanol–water partition coefficient (Wildman–Crippen LogP) is 2.69. The first-order valence-corrected chi connectivity index (χ1v) is 7.28. The van der Waals surface area contributed by atoms with E-state index >= 15 is 0 Å². The number of carbonyl (C=O) groups is 1. The maximum Gasteiger partial charge on any atom is 0.311 e. The number of piperidine rings is 1. The molecule has 1 aliphatic heterocycles. The second-order valence-corrected chi connectivity index (χ2v) is 5.37. The highest BCUT2D eigenvalue weighted by molar-refractivity contribution is 6.18. The predicted molar refractivity (Wildman–Crippen MR) is 79.0 cm³/mol. The van der Waals surface area contributed by atoms with E-state index in [1.165, 1.54) is 19.2 Å². The summed E-state index contributed by atoms with van der Waals surface area (Å²) in [5.41, 5.74) is 0.104. The molecule has 1 aliphatic rings. The van der Waals surface area contributed by atoms with Crippen LogP contribution in [0.3, 0.4) is 0 Å². The fourth-order valence-electron chi connectivity index (χ4n) is 2.52. The molecule has 1 fully saturated rings. The third-order valence-corrected chi connectivity index (χ3v) is 4.08. The van der Waals surface area contributed by atoms with Crippen molar-refractivity contribution in [1.29, 1.82) is 0 Å². The van der Waals surface area contributed by atoms with Gasteiger partial charge in [0.15, 0.2) is 5.75 Å². The molecule has 1 amide bonds. The van der Waals surface area contributed by atoms with Crippen molar-refractivity contribution in [2.75, 3.05) is 26.1 Å². The van der Waals surface area contributed by atoms with Gasteiger partial charge in [0.05, 0.1) is 12.0 Å². The van der Waals surface area contributed by atoms with Crippen LogP contribution in [0, 0.1) is 16.0 Å². The summed E-state index contributed by atoms with van der Waals surface area (Å²) >= 11 is 5.86. The van der Waals surface area contributed by atoms with Crippen molar-refractivity contribution in [3.05, 3.63) is 33.9 Å². The minimum Gasteiger partial charge on any atom is -0.490 e. The molecule has 0 radical (unpaired) electrons. The topological polar surface area (TPSA) is 72.7 Å². The van der Waals surface area contributed by atoms with E-state index in [2.05, 4.69) is 0 Å². The highest BCUT2D eigenvalue weighted by Crippen LogP contribution is 2.28. The van der Waals surface area contributed by atoms with Gasteiger partial charge in [-0.2, -0.15) is 0 Å². The van der Waals surface area contributed by atoms with Crippen molar-refractivity contribution in [2.45, 2.75) is 12.8 Å². The molecule has 7 heteroatoms. The largest absolute Gasteiger partial charge is 0.490 e. The van der Waals surface area contributed by atoms with Gasteiger partial charge in [-0.15, -0.1) is 11.6 Å². The lowest BCUT2D eigenvalue weighted by atomic mass is 9.99. The van der Waals surface area contributed by atoms with Gasteiger partial charge in [-0.25, -0.2) is 0 Å². The molecule has 0 aliphatic carbocycles. The third-order valence-electron chi connectivity index (χ3n) is 3.65. The Labute approximate surface area is 127 Å². The fraction of sp³-hybridized carbons (Fsp3) is 0.500. The van der Waals surface area contributed by atoms with Crippen LogP contribution < -0.4 is 4.74 Å². The van der Waals surface area contributed by atoms with Crippen LogP contribution in [0.5, 0.6) is 5.75 Å². The SMILES string of the molecule is COc1ccc(C(=O)N2CCCC(CCl)C2)cc1[N+](=O)[O-]. The van der Waals surface area contributed by atoms with Gasteiger partial charge >= 0.3 is 5.69 Å². The van der Waals surface area contributed by atoms with Crippen molar-refractivity contribution < 1.29 is 14.5 Å². The van der Waals surface area contributed by atoms with E-state index in [-0.39, 0.29) is 23.3 Å². The van der Waals surface area contributed by atoms with Crippen LogP contribution in [-0.2, 0) is 0 Å². The summed E-state index contributed by atoms with van der Waals surface area (Å²) in [5.74, 6) is 0.758. The normalized spacial score (nSPS) is 18.4. The van der Waals surface area contributed by atoms with Gasteiger partial charge in [0.1, 0.15) is 0 Å². The summed E-state index contributed by atoms with van der Waals surface area (Å²) in [6.45, 7) is 1.26. The lowest BCUT2D eigenvalue weighted by Crippen LogP contribution is -2.40. The zero-order valence-electron chi connectivity index (χ0n) is 11.8. The number of nitro benzene ring substituents is 1. The number of carbonyl (C=O) groups excluding carboxylic acids is 1. The van der Waals surface area contributed by atoms with Crippen LogP contribution in [0.1, 0.15) is 23.2 Å². The molecule has 6 nitrogen and oxygen atoms in total. The van der Waals surface area contributed by atoms with Gasteiger partial charge in [-0.1, -0.05) is 0 Å². The molecule has 1 heterocycles. The Morgan fingerprint density at radius 1 is 1.57 bits per heavy atom. The van der Waals surface area contributed by atoms with Crippen LogP contribution in [0.25, 0.3) is 0 Å². The lowest BCUT2D eigenvalue weighted by Gasteiger charge is -2.31. The zero-order chi connectivity index (χ0) is 15.4. The molecule has 1 unspecified atom stereocenters. The van der Waals surface area contributed by atoms with E-state index in [0.717, 1.165) is 12.8 Å². The molecule has 0 saturated carbocycles. The van der Waals surface area contributed by atoms with Gasteiger partial charge in [-0.3, -0.25) is 14.9 Å². The molecule has 114 valence electrons. The number of benzene rings is 1. The van der Waals surface area contributed by atoms with Crippen LogP contribution in [0.4, 0.5) is 5.69 Å². The average Bonchev–Trinajstić information content (AvgIpc) is 2.53. The minimum absolute atomic E-state index is 0.147. The first kappa shape index (κ1) is 15.6. The first-order valence-electron chi connectivity index (χ1n) is 6.74. The monoisotopic (exact) mass is 312 g/mol. The molecule has 1 aromatic rings. The number of hydrogen-bond acceptors (Lipinski definition) is 4. The summed E-state index contributed by atoms with van der Waals surface area (Å²) in [4.78, 5) is 24.6. The van der Waals surface area contributed by atoms with E-state index in [9.17, 15) is 14.9 Å². The number of amides is 1. The molecule has 0 bridgehead atoms. The molecule has 1 atom stereocenters. The average molecular weight is 313 g/mol. The van der Waals surface area contributed by atoms with Crippen molar-refractivity contribution in [2.24, 2.45) is 5.92 Å². The Kier molecular flexibility index (Phi) is 5.01. The van der Waals surface area contributed by atoms with Crippen LogP contribution in [0.2, 0.25) is 0 Å². The Morgan fingerprint density at radius 3 is 2.95 bits per heavy atom. The fourth-order valence-corrected chi connectivity index (χ4v) is 2.78. The third kappa shape index (κ3) is 3.44. The number of methoxy groups -OCH3 is 1. The van der Waals surface area contributed by atoms with Crippen molar-refractivity contribution in [3.63, 3.8) is 0 Å². The molecular formula is C14H17ClN2O4. The Morgan fingerprint density at radius 2 is 2.33 bits per heavy atom. The number of alkyl halides is 1. The molecule has 1 saturated heterocycles. The van der Waals surface area contributed by atoms with E-state index in [1.54, 1.807) is 11.0 Å². The molecule has 0 spiro atoms. The molecule has 2 rings (SSSR count). The number of halogens is 1. The van der Waals surface area contributed by atoms with Crippen molar-refractivity contribution >= 4 is 23.2 Å². The van der Waals surface area contributed by atoms with Gasteiger partial charge < -0.3 is 9.64 Å². The van der Waals surface area contributed by atoms with Crippen molar-refractivity contribution in [1.82, 2.24) is 4.90 Å². The van der Waals surface area contributed by atoms with Crippen LogP contribution in [0.15, 0.2) is 18.2 Å². The quantitative estimate of drug-likeness (QED) is 0.487. The molecule has 0 aromatic heterocycles. The summed E-state index contributed by atoms with van der Waals surface area (Å²) in [7, 11) is 1.36. The lowest BCUT2D eigenvalue weighted by molar-refractivity contribution is -0.385. The number of nitrogens with zero attached hydrogens (tertiary/aromatic N) is 2. The number of hydrogen-bond donors (Lipinski definition) is 0. The Hall–Kier alpha value is -1.82. The number of rotatable bonds is 4.